The van der Waals surface area contributed by atoms with E-state index < -0.39 is 0 Å². The van der Waals surface area contributed by atoms with Crippen molar-refractivity contribution in [2.24, 2.45) is 5.92 Å². The minimum Gasteiger partial charge on any atom is -0.265 e. The Morgan fingerprint density at radius 2 is 1.96 bits per heavy atom. The summed E-state index contributed by atoms with van der Waals surface area (Å²) < 4.78 is 0.628. The second-order valence-corrected chi connectivity index (χ2v) is 8.50. The van der Waals surface area contributed by atoms with Crippen molar-refractivity contribution in [3.05, 3.63) is 82.4 Å². The molecule has 2 aromatic rings. The summed E-state index contributed by atoms with van der Waals surface area (Å²) in [6.45, 7) is 7.38. The van der Waals surface area contributed by atoms with Gasteiger partial charge in [0.25, 0.3) is 0 Å². The average Bonchev–Trinajstić information content (AvgIpc) is 2.92. The molecule has 0 amide bonds. The molecule has 1 aliphatic heterocycles. The highest BCUT2D eigenvalue weighted by Crippen LogP contribution is 2.45. The number of rotatable bonds is 5. The third-order valence-electron chi connectivity index (χ3n) is 4.43. The minimum atomic E-state index is 0.456. The minimum absolute atomic E-state index is 0.456. The number of halogens is 1. The maximum Gasteiger partial charge on any atom is 0.124 e. The van der Waals surface area contributed by atoms with Crippen LogP contribution in [0.2, 0.25) is 5.02 Å². The smallest absolute Gasteiger partial charge is 0.124 e. The van der Waals surface area contributed by atoms with Crippen LogP contribution in [-0.2, 0) is 6.54 Å². The van der Waals surface area contributed by atoms with Crippen molar-refractivity contribution in [2.45, 2.75) is 32.2 Å². The summed E-state index contributed by atoms with van der Waals surface area (Å²) in [4.78, 5) is 5.11. The van der Waals surface area contributed by atoms with E-state index in [2.05, 4.69) is 44.1 Å². The molecule has 0 saturated carbocycles. The SMILES string of the molecule is CC1=CC(C(C)C)=C[N+]1(Cc1ccncc1)Sc1cc(Cl)cc(C#N)c1. The molecule has 0 spiro atoms. The normalized spacial score (nSPS) is 19.2. The van der Waals surface area contributed by atoms with E-state index in [0.717, 1.165) is 11.4 Å². The second kappa shape index (κ2) is 7.67. The van der Waals surface area contributed by atoms with Gasteiger partial charge in [-0.15, -0.1) is 0 Å². The van der Waals surface area contributed by atoms with Crippen LogP contribution in [0, 0.1) is 17.2 Å². The molecule has 0 radical (unpaired) electrons. The number of aromatic nitrogens is 1. The van der Waals surface area contributed by atoms with Gasteiger partial charge in [-0.25, -0.2) is 0 Å². The molecule has 1 aromatic carbocycles. The van der Waals surface area contributed by atoms with Crippen LogP contribution in [0.15, 0.2) is 71.2 Å². The molecule has 1 unspecified atom stereocenters. The van der Waals surface area contributed by atoms with Crippen molar-refractivity contribution in [1.82, 2.24) is 4.98 Å². The average molecular weight is 383 g/mol. The van der Waals surface area contributed by atoms with E-state index in [-0.39, 0.29) is 0 Å². The molecule has 5 heteroatoms. The lowest BCUT2D eigenvalue weighted by molar-refractivity contribution is -0.709. The molecule has 0 fully saturated rings. The van der Waals surface area contributed by atoms with Crippen LogP contribution in [-0.4, -0.2) is 8.87 Å². The first-order valence-electron chi connectivity index (χ1n) is 8.50. The van der Waals surface area contributed by atoms with Gasteiger partial charge in [0.2, 0.25) is 0 Å². The lowest BCUT2D eigenvalue weighted by atomic mass is 10.1. The second-order valence-electron chi connectivity index (χ2n) is 6.76. The lowest BCUT2D eigenvalue weighted by Crippen LogP contribution is -2.30. The summed E-state index contributed by atoms with van der Waals surface area (Å²) in [5.41, 5.74) is 4.38. The van der Waals surface area contributed by atoms with Crippen molar-refractivity contribution in [3.8, 4) is 6.07 Å². The quantitative estimate of drug-likeness (QED) is 0.463. The first kappa shape index (κ1) is 18.7. The third kappa shape index (κ3) is 4.02. The molecule has 3 rings (SSSR count). The van der Waals surface area contributed by atoms with E-state index in [1.165, 1.54) is 16.8 Å². The van der Waals surface area contributed by atoms with E-state index in [1.807, 2.05) is 36.7 Å². The Balaban J connectivity index is 2.04. The summed E-state index contributed by atoms with van der Waals surface area (Å²) in [6, 6.07) is 11.8. The maximum atomic E-state index is 9.26. The number of nitriles is 1. The zero-order valence-corrected chi connectivity index (χ0v) is 16.7. The Kier molecular flexibility index (Phi) is 5.52. The molecule has 0 bridgehead atoms. The number of pyridine rings is 1. The van der Waals surface area contributed by atoms with E-state index in [1.54, 1.807) is 18.0 Å². The Hall–Kier alpha value is -2.06. The van der Waals surface area contributed by atoms with Gasteiger partial charge < -0.3 is 0 Å². The molecule has 1 atom stereocenters. The van der Waals surface area contributed by atoms with Crippen molar-refractivity contribution < 1.29 is 3.89 Å². The molecule has 0 aliphatic carbocycles. The van der Waals surface area contributed by atoms with E-state index in [4.69, 9.17) is 11.6 Å². The van der Waals surface area contributed by atoms with Gasteiger partial charge in [-0.2, -0.15) is 9.15 Å². The monoisotopic (exact) mass is 382 g/mol. The van der Waals surface area contributed by atoms with Gasteiger partial charge in [0, 0.05) is 41.6 Å². The number of benzene rings is 1. The van der Waals surface area contributed by atoms with Gasteiger partial charge in [0.05, 0.1) is 16.5 Å². The third-order valence-corrected chi connectivity index (χ3v) is 5.95. The van der Waals surface area contributed by atoms with Crippen LogP contribution >= 0.6 is 23.5 Å². The van der Waals surface area contributed by atoms with Crippen LogP contribution in [0.5, 0.6) is 0 Å². The number of hydrogen-bond donors (Lipinski definition) is 0. The zero-order valence-electron chi connectivity index (χ0n) is 15.1. The van der Waals surface area contributed by atoms with Crippen LogP contribution in [0.4, 0.5) is 0 Å². The van der Waals surface area contributed by atoms with Gasteiger partial charge in [-0.1, -0.05) is 25.4 Å². The Morgan fingerprint density at radius 1 is 1.23 bits per heavy atom. The molecular weight excluding hydrogens is 362 g/mol. The number of nitrogens with zero attached hydrogens (tertiary/aromatic N) is 3. The molecule has 26 heavy (non-hydrogen) atoms. The van der Waals surface area contributed by atoms with Crippen LogP contribution in [0.25, 0.3) is 0 Å². The fraction of sp³-hybridized carbons (Fsp3) is 0.238. The highest BCUT2D eigenvalue weighted by Gasteiger charge is 2.37. The molecule has 132 valence electrons. The van der Waals surface area contributed by atoms with E-state index in [9.17, 15) is 5.26 Å². The Morgan fingerprint density at radius 3 is 2.58 bits per heavy atom. The lowest BCUT2D eigenvalue weighted by Gasteiger charge is -2.30. The van der Waals surface area contributed by atoms with Gasteiger partial charge in [-0.3, -0.25) is 4.98 Å². The van der Waals surface area contributed by atoms with Crippen molar-refractivity contribution in [2.75, 3.05) is 0 Å². The summed E-state index contributed by atoms with van der Waals surface area (Å²) in [7, 11) is 0. The van der Waals surface area contributed by atoms with Gasteiger partial charge in [0.15, 0.2) is 0 Å². The summed E-state index contributed by atoms with van der Waals surface area (Å²) in [5.74, 6) is 0.456. The summed E-state index contributed by atoms with van der Waals surface area (Å²) >= 11 is 7.93. The predicted octanol–water partition coefficient (Wildman–Crippen LogP) is 6.09. The predicted molar refractivity (Wildman–Crippen MR) is 107 cm³/mol. The fourth-order valence-corrected chi connectivity index (χ4v) is 4.59. The first-order chi connectivity index (χ1) is 12.4. The maximum absolute atomic E-state index is 9.26. The first-order valence-corrected chi connectivity index (χ1v) is 9.65. The van der Waals surface area contributed by atoms with Crippen molar-refractivity contribution >= 4 is 23.5 Å². The fourth-order valence-electron chi connectivity index (χ4n) is 2.97. The van der Waals surface area contributed by atoms with Crippen LogP contribution < -0.4 is 0 Å². The molecule has 1 aromatic heterocycles. The number of hydrogen-bond acceptors (Lipinski definition) is 3. The van der Waals surface area contributed by atoms with E-state index >= 15 is 0 Å². The van der Waals surface area contributed by atoms with Crippen LogP contribution in [0.1, 0.15) is 31.9 Å². The summed E-state index contributed by atoms with van der Waals surface area (Å²) in [5, 5.41) is 9.85. The standard InChI is InChI=1S/C21H21ClN3S/c1-15(2)19-8-16(3)25(14-19,13-17-4-6-24-7-5-17)26-21-10-18(12-23)9-20(22)11-21/h4-11,14-15H,13H2,1-3H3/q+1. The summed E-state index contributed by atoms with van der Waals surface area (Å²) in [6.07, 6.45) is 8.24. The van der Waals surface area contributed by atoms with Gasteiger partial charge in [-0.05, 0) is 36.2 Å². The largest absolute Gasteiger partial charge is 0.265 e. The highest BCUT2D eigenvalue weighted by molar-refractivity contribution is 7.94. The topological polar surface area (TPSA) is 36.7 Å². The molecule has 2 heterocycles. The van der Waals surface area contributed by atoms with Gasteiger partial charge in [0.1, 0.15) is 30.4 Å². The Bertz CT molecular complexity index is 913. The van der Waals surface area contributed by atoms with Crippen molar-refractivity contribution in [1.29, 1.82) is 5.26 Å². The molecule has 1 aliphatic rings. The molecular formula is C21H21ClN3S+. The molecule has 0 saturated heterocycles. The van der Waals surface area contributed by atoms with E-state index in [0.29, 0.717) is 20.4 Å². The van der Waals surface area contributed by atoms with Gasteiger partial charge >= 0.3 is 0 Å². The van der Waals surface area contributed by atoms with Crippen LogP contribution in [0.3, 0.4) is 0 Å². The highest BCUT2D eigenvalue weighted by atomic mass is 35.5. The number of quaternary nitrogens is 1. The molecule has 3 nitrogen and oxygen atoms in total. The zero-order chi connectivity index (χ0) is 18.7. The molecule has 0 N–H and O–H groups in total. The number of allylic oxidation sites excluding steroid dienone is 3. The Labute approximate surface area is 164 Å². The van der Waals surface area contributed by atoms with Crippen molar-refractivity contribution in [3.63, 3.8) is 0 Å².